The van der Waals surface area contributed by atoms with E-state index in [9.17, 15) is 18.3 Å². The second-order valence-electron chi connectivity index (χ2n) is 5.61. The number of hydrogen-bond donors (Lipinski definition) is 2. The number of hydrogen-bond acceptors (Lipinski definition) is 4. The summed E-state index contributed by atoms with van der Waals surface area (Å²) in [6.07, 6.45) is 0. The summed E-state index contributed by atoms with van der Waals surface area (Å²) in [6, 6.07) is 11.9. The van der Waals surface area contributed by atoms with Gasteiger partial charge >= 0.3 is 0 Å². The van der Waals surface area contributed by atoms with Gasteiger partial charge in [0, 0.05) is 18.7 Å². The first kappa shape index (κ1) is 18.0. The summed E-state index contributed by atoms with van der Waals surface area (Å²) in [5.74, 6) is -0.560. The van der Waals surface area contributed by atoms with Crippen molar-refractivity contribution < 1.29 is 18.3 Å². The van der Waals surface area contributed by atoms with Crippen molar-refractivity contribution in [3.05, 3.63) is 54.1 Å². The van der Waals surface area contributed by atoms with E-state index in [1.165, 1.54) is 41.7 Å². The summed E-state index contributed by atoms with van der Waals surface area (Å²) in [5.41, 5.74) is 0.451. The molecule has 2 aromatic rings. The second kappa shape index (κ2) is 7.02. The van der Waals surface area contributed by atoms with E-state index in [4.69, 9.17) is 0 Å². The van der Waals surface area contributed by atoms with E-state index in [2.05, 4.69) is 5.32 Å². The van der Waals surface area contributed by atoms with Gasteiger partial charge in [0.15, 0.2) is 0 Å². The van der Waals surface area contributed by atoms with Crippen molar-refractivity contribution in [1.82, 2.24) is 4.31 Å². The van der Waals surface area contributed by atoms with E-state index in [0.717, 1.165) is 0 Å². The number of sulfonamides is 1. The number of phenols is 1. The third kappa shape index (κ3) is 3.74. The van der Waals surface area contributed by atoms with Gasteiger partial charge in [-0.25, -0.2) is 8.42 Å². The van der Waals surface area contributed by atoms with Gasteiger partial charge < -0.3 is 10.4 Å². The fourth-order valence-electron chi connectivity index (χ4n) is 2.02. The molecule has 2 rings (SSSR count). The third-order valence-corrected chi connectivity index (χ3v) is 5.68. The molecule has 0 spiro atoms. The topological polar surface area (TPSA) is 86.7 Å². The van der Waals surface area contributed by atoms with Crippen LogP contribution in [-0.2, 0) is 10.0 Å². The minimum atomic E-state index is -3.67. The van der Waals surface area contributed by atoms with Crippen LogP contribution in [0.25, 0.3) is 0 Å². The fourth-order valence-corrected chi connectivity index (χ4v) is 3.43. The van der Waals surface area contributed by atoms with E-state index in [1.54, 1.807) is 32.0 Å². The van der Waals surface area contributed by atoms with Gasteiger partial charge in [0.05, 0.1) is 10.6 Å². The van der Waals surface area contributed by atoms with Crippen LogP contribution < -0.4 is 5.32 Å². The molecule has 0 fully saturated rings. The number of carbonyl (C=O) groups is 1. The number of anilines is 1. The number of carbonyl (C=O) groups excluding carboxylic acids is 1. The lowest BCUT2D eigenvalue weighted by atomic mass is 10.2. The highest BCUT2D eigenvalue weighted by Crippen LogP contribution is 2.23. The number of nitrogens with one attached hydrogen (secondary N) is 1. The van der Waals surface area contributed by atoms with Gasteiger partial charge in [0.2, 0.25) is 10.0 Å². The van der Waals surface area contributed by atoms with Crippen LogP contribution in [0.1, 0.15) is 24.2 Å². The first-order valence-electron chi connectivity index (χ1n) is 7.41. The van der Waals surface area contributed by atoms with Crippen molar-refractivity contribution in [3.63, 3.8) is 0 Å². The third-order valence-electron chi connectivity index (χ3n) is 3.65. The summed E-state index contributed by atoms with van der Waals surface area (Å²) in [5, 5.41) is 12.3. The molecule has 7 heteroatoms. The molecule has 2 aromatic carbocycles. The van der Waals surface area contributed by atoms with Crippen molar-refractivity contribution >= 4 is 21.6 Å². The zero-order valence-corrected chi connectivity index (χ0v) is 14.5. The van der Waals surface area contributed by atoms with Crippen LogP contribution in [0.2, 0.25) is 0 Å². The number of benzene rings is 2. The molecule has 0 saturated heterocycles. The standard InChI is InChI=1S/C17H20N2O4S/c1-12(2)19(3)24(22,23)14-8-6-7-13(11-14)17(21)18-15-9-4-5-10-16(15)20/h4-12,20H,1-3H3,(H,18,21). The average molecular weight is 348 g/mol. The molecule has 0 unspecified atom stereocenters. The monoisotopic (exact) mass is 348 g/mol. The fraction of sp³-hybridized carbons (Fsp3) is 0.235. The van der Waals surface area contributed by atoms with E-state index < -0.39 is 15.9 Å². The van der Waals surface area contributed by atoms with Gasteiger partial charge in [-0.05, 0) is 44.2 Å². The largest absolute Gasteiger partial charge is 0.506 e. The molecule has 0 aromatic heterocycles. The molecule has 0 aliphatic heterocycles. The summed E-state index contributed by atoms with van der Waals surface area (Å²) in [6.45, 7) is 3.54. The van der Waals surface area contributed by atoms with Crippen LogP contribution in [0.4, 0.5) is 5.69 Å². The summed E-state index contributed by atoms with van der Waals surface area (Å²) in [7, 11) is -2.18. The van der Waals surface area contributed by atoms with Gasteiger partial charge in [0.25, 0.3) is 5.91 Å². The highest BCUT2D eigenvalue weighted by atomic mass is 32.2. The molecule has 2 N–H and O–H groups in total. The second-order valence-corrected chi connectivity index (χ2v) is 7.61. The molecule has 0 aliphatic rings. The SMILES string of the molecule is CC(C)N(C)S(=O)(=O)c1cccc(C(=O)Nc2ccccc2O)c1. The highest BCUT2D eigenvalue weighted by Gasteiger charge is 2.24. The number of amides is 1. The Morgan fingerprint density at radius 2 is 1.79 bits per heavy atom. The number of nitrogens with zero attached hydrogens (tertiary/aromatic N) is 1. The normalized spacial score (nSPS) is 11.7. The smallest absolute Gasteiger partial charge is 0.255 e. The molecule has 0 radical (unpaired) electrons. The van der Waals surface area contributed by atoms with E-state index >= 15 is 0 Å². The van der Waals surface area contributed by atoms with Crippen LogP contribution in [0.15, 0.2) is 53.4 Å². The quantitative estimate of drug-likeness (QED) is 0.813. The molecule has 0 bridgehead atoms. The van der Waals surface area contributed by atoms with Gasteiger partial charge in [-0.15, -0.1) is 0 Å². The number of phenolic OH excluding ortho intramolecular Hbond substituents is 1. The van der Waals surface area contributed by atoms with Crippen molar-refractivity contribution in [3.8, 4) is 5.75 Å². The number of para-hydroxylation sites is 2. The minimum absolute atomic E-state index is 0.0450. The van der Waals surface area contributed by atoms with Crippen LogP contribution in [0.3, 0.4) is 0 Å². The molecule has 128 valence electrons. The van der Waals surface area contributed by atoms with Crippen molar-refractivity contribution in [2.75, 3.05) is 12.4 Å². The Kier molecular flexibility index (Phi) is 5.26. The predicted molar refractivity (Wildman–Crippen MR) is 92.6 cm³/mol. The Morgan fingerprint density at radius 1 is 1.12 bits per heavy atom. The maximum Gasteiger partial charge on any atom is 0.255 e. The molecule has 24 heavy (non-hydrogen) atoms. The maximum atomic E-state index is 12.5. The van der Waals surface area contributed by atoms with Crippen LogP contribution in [0.5, 0.6) is 5.75 Å². The molecule has 0 heterocycles. The summed E-state index contributed by atoms with van der Waals surface area (Å²) >= 11 is 0. The lowest BCUT2D eigenvalue weighted by Crippen LogP contribution is -2.33. The van der Waals surface area contributed by atoms with Crippen molar-refractivity contribution in [2.45, 2.75) is 24.8 Å². The molecule has 0 saturated carbocycles. The predicted octanol–water partition coefficient (Wildman–Crippen LogP) is 2.67. The Morgan fingerprint density at radius 3 is 2.42 bits per heavy atom. The first-order valence-corrected chi connectivity index (χ1v) is 8.85. The maximum absolute atomic E-state index is 12.5. The molecule has 6 nitrogen and oxygen atoms in total. The van der Waals surface area contributed by atoms with Gasteiger partial charge in [-0.2, -0.15) is 4.31 Å². The number of aromatic hydroxyl groups is 1. The summed E-state index contributed by atoms with van der Waals surface area (Å²) in [4.78, 5) is 12.4. The lowest BCUT2D eigenvalue weighted by Gasteiger charge is -2.21. The zero-order chi connectivity index (χ0) is 17.9. The lowest BCUT2D eigenvalue weighted by molar-refractivity contribution is 0.102. The highest BCUT2D eigenvalue weighted by molar-refractivity contribution is 7.89. The van der Waals surface area contributed by atoms with Gasteiger partial charge in [0.1, 0.15) is 5.75 Å². The summed E-state index contributed by atoms with van der Waals surface area (Å²) < 4.78 is 26.3. The molecule has 0 atom stereocenters. The Labute approximate surface area is 141 Å². The average Bonchev–Trinajstić information content (AvgIpc) is 2.56. The van der Waals surface area contributed by atoms with Crippen LogP contribution in [0, 0.1) is 0 Å². The van der Waals surface area contributed by atoms with Gasteiger partial charge in [-0.1, -0.05) is 18.2 Å². The molecular weight excluding hydrogens is 328 g/mol. The van der Waals surface area contributed by atoms with E-state index in [-0.39, 0.29) is 27.9 Å². The van der Waals surface area contributed by atoms with Crippen molar-refractivity contribution in [2.24, 2.45) is 0 Å². The van der Waals surface area contributed by atoms with Gasteiger partial charge in [-0.3, -0.25) is 4.79 Å². The minimum Gasteiger partial charge on any atom is -0.506 e. The van der Waals surface area contributed by atoms with Crippen LogP contribution >= 0.6 is 0 Å². The Hall–Kier alpha value is -2.38. The van der Waals surface area contributed by atoms with E-state index in [1.807, 2.05) is 0 Å². The molecule has 1 amide bonds. The van der Waals surface area contributed by atoms with Crippen molar-refractivity contribution in [1.29, 1.82) is 0 Å². The van der Waals surface area contributed by atoms with Crippen LogP contribution in [-0.4, -0.2) is 36.8 Å². The Balaban J connectivity index is 2.31. The van der Waals surface area contributed by atoms with E-state index in [0.29, 0.717) is 0 Å². The first-order chi connectivity index (χ1) is 11.2. The number of rotatable bonds is 5. The Bertz CT molecular complexity index is 847. The molecular formula is C17H20N2O4S. The zero-order valence-electron chi connectivity index (χ0n) is 13.7. The molecule has 0 aliphatic carbocycles.